The number of ether oxygens (including phenoxy) is 2. The molecule has 1 atom stereocenters. The molecule has 5 rings (SSSR count). The molecule has 2 aliphatic rings. The van der Waals surface area contributed by atoms with E-state index in [9.17, 15) is 4.79 Å². The Kier molecular flexibility index (Phi) is 5.57. The van der Waals surface area contributed by atoms with E-state index in [1.165, 1.54) is 0 Å². The molecule has 3 aromatic carbocycles. The van der Waals surface area contributed by atoms with Crippen molar-refractivity contribution in [3.05, 3.63) is 82.9 Å². The van der Waals surface area contributed by atoms with Gasteiger partial charge in [0.05, 0.1) is 19.9 Å². The van der Waals surface area contributed by atoms with Crippen molar-refractivity contribution in [2.24, 2.45) is 5.10 Å². The number of methoxy groups -OCH3 is 2. The summed E-state index contributed by atoms with van der Waals surface area (Å²) >= 11 is 6.00. The Morgan fingerprint density at radius 2 is 1.71 bits per heavy atom. The molecule has 1 unspecified atom stereocenters. The minimum absolute atomic E-state index is 0.282. The van der Waals surface area contributed by atoms with E-state index >= 15 is 0 Å². The van der Waals surface area contributed by atoms with Crippen molar-refractivity contribution >= 4 is 34.7 Å². The smallest absolute Gasteiger partial charge is 0.293 e. The quantitative estimate of drug-likeness (QED) is 0.569. The molecular formula is C26H25ClN4O3. The first-order valence-electron chi connectivity index (χ1n) is 11.0. The number of carbonyl (C=O) groups excluding carboxylic acids is 1. The van der Waals surface area contributed by atoms with Crippen LogP contribution in [0.2, 0.25) is 5.02 Å². The molecule has 174 valence electrons. The second-order valence-electron chi connectivity index (χ2n) is 8.32. The lowest BCUT2D eigenvalue weighted by molar-refractivity contribution is -0.111. The van der Waals surface area contributed by atoms with Crippen LogP contribution in [0.3, 0.4) is 0 Å². The van der Waals surface area contributed by atoms with Crippen LogP contribution in [0.25, 0.3) is 0 Å². The predicted molar refractivity (Wildman–Crippen MR) is 134 cm³/mol. The van der Waals surface area contributed by atoms with Crippen molar-refractivity contribution in [3.63, 3.8) is 0 Å². The van der Waals surface area contributed by atoms with Crippen molar-refractivity contribution in [1.29, 1.82) is 0 Å². The molecule has 0 aromatic heterocycles. The summed E-state index contributed by atoms with van der Waals surface area (Å²) in [4.78, 5) is 15.5. The number of nitrogens with one attached hydrogen (secondary N) is 1. The largest absolute Gasteiger partial charge is 0.493 e. The molecule has 1 N–H and O–H groups in total. The van der Waals surface area contributed by atoms with Gasteiger partial charge in [-0.1, -0.05) is 29.8 Å². The van der Waals surface area contributed by atoms with Gasteiger partial charge in [0.2, 0.25) is 5.84 Å². The van der Waals surface area contributed by atoms with E-state index in [4.69, 9.17) is 26.2 Å². The highest BCUT2D eigenvalue weighted by Crippen LogP contribution is 2.47. The first-order valence-corrected chi connectivity index (χ1v) is 11.4. The number of rotatable bonds is 5. The Labute approximate surface area is 203 Å². The minimum atomic E-state index is -0.735. The maximum atomic E-state index is 13.4. The number of hydrazone groups is 1. The van der Waals surface area contributed by atoms with Crippen molar-refractivity contribution < 1.29 is 14.3 Å². The Morgan fingerprint density at radius 3 is 2.38 bits per heavy atom. The van der Waals surface area contributed by atoms with Crippen LogP contribution in [0.15, 0.2) is 71.8 Å². The molecule has 8 heteroatoms. The fraction of sp³-hybridized carbons (Fsp3) is 0.231. The number of hydrogen-bond donors (Lipinski definition) is 1. The lowest BCUT2D eigenvalue weighted by atomic mass is 9.87. The molecule has 0 bridgehead atoms. The van der Waals surface area contributed by atoms with Gasteiger partial charge in [-0.3, -0.25) is 4.79 Å². The summed E-state index contributed by atoms with van der Waals surface area (Å²) < 4.78 is 11.1. The second kappa shape index (κ2) is 8.57. The Bertz CT molecular complexity index is 1260. The van der Waals surface area contributed by atoms with Crippen LogP contribution in [-0.4, -0.2) is 37.4 Å². The molecule has 0 saturated heterocycles. The van der Waals surface area contributed by atoms with Crippen molar-refractivity contribution in [3.8, 4) is 11.5 Å². The standard InChI is InChI=1S/C26H25ClN4O3/c1-26-21-16-23(34-3)22(33-2)15-17(21)13-14-30(26)24(29-31(26)20-7-5-4-6-8-20)25(32)28-19-11-9-18(27)10-12-19/h4-12,15-16H,13-14H2,1-3H3,(H,28,32). The maximum Gasteiger partial charge on any atom is 0.293 e. The zero-order valence-corrected chi connectivity index (χ0v) is 20.0. The average molecular weight is 477 g/mol. The third-order valence-electron chi connectivity index (χ3n) is 6.42. The number of benzene rings is 3. The van der Waals surface area contributed by atoms with Gasteiger partial charge in [-0.2, -0.15) is 0 Å². The molecule has 0 aliphatic carbocycles. The summed E-state index contributed by atoms with van der Waals surface area (Å²) in [5, 5.41) is 10.3. The highest BCUT2D eigenvalue weighted by atomic mass is 35.5. The van der Waals surface area contributed by atoms with Gasteiger partial charge in [0, 0.05) is 22.8 Å². The third-order valence-corrected chi connectivity index (χ3v) is 6.67. The summed E-state index contributed by atoms with van der Waals surface area (Å²) in [6.45, 7) is 2.70. The average Bonchev–Trinajstić information content (AvgIpc) is 3.18. The summed E-state index contributed by atoms with van der Waals surface area (Å²) in [7, 11) is 3.26. The van der Waals surface area contributed by atoms with Gasteiger partial charge >= 0.3 is 0 Å². The summed E-state index contributed by atoms with van der Waals surface area (Å²) in [5.41, 5.74) is 2.94. The van der Waals surface area contributed by atoms with Crippen molar-refractivity contribution in [2.75, 3.05) is 31.1 Å². The fourth-order valence-electron chi connectivity index (χ4n) is 4.72. The number of carbonyl (C=O) groups is 1. The van der Waals surface area contributed by atoms with Gasteiger partial charge in [-0.25, -0.2) is 5.01 Å². The zero-order chi connectivity index (χ0) is 23.9. The molecule has 2 aliphatic heterocycles. The van der Waals surface area contributed by atoms with Crippen LogP contribution >= 0.6 is 11.6 Å². The van der Waals surface area contributed by atoms with E-state index in [0.717, 1.165) is 23.2 Å². The van der Waals surface area contributed by atoms with Crippen LogP contribution < -0.4 is 19.8 Å². The van der Waals surface area contributed by atoms with E-state index in [2.05, 4.69) is 17.1 Å². The Morgan fingerprint density at radius 1 is 1.03 bits per heavy atom. The Balaban J connectivity index is 1.60. The van der Waals surface area contributed by atoms with Crippen molar-refractivity contribution in [1.82, 2.24) is 4.90 Å². The number of amides is 1. The van der Waals surface area contributed by atoms with Crippen LogP contribution in [0.5, 0.6) is 11.5 Å². The molecule has 2 heterocycles. The van der Waals surface area contributed by atoms with Crippen LogP contribution in [0, 0.1) is 0 Å². The highest BCUT2D eigenvalue weighted by molar-refractivity contribution is 6.43. The molecule has 0 radical (unpaired) electrons. The van der Waals surface area contributed by atoms with Crippen LogP contribution in [0.1, 0.15) is 18.1 Å². The molecule has 0 spiro atoms. The van der Waals surface area contributed by atoms with Crippen LogP contribution in [-0.2, 0) is 16.9 Å². The summed E-state index contributed by atoms with van der Waals surface area (Å²) in [6, 6.07) is 20.9. The highest BCUT2D eigenvalue weighted by Gasteiger charge is 2.52. The lowest BCUT2D eigenvalue weighted by Gasteiger charge is -2.46. The molecule has 3 aromatic rings. The second-order valence-corrected chi connectivity index (χ2v) is 8.76. The van der Waals surface area contributed by atoms with E-state index in [0.29, 0.717) is 34.6 Å². The van der Waals surface area contributed by atoms with Crippen molar-refractivity contribution in [2.45, 2.75) is 19.0 Å². The van der Waals surface area contributed by atoms with E-state index < -0.39 is 5.66 Å². The number of nitrogens with zero attached hydrogens (tertiary/aromatic N) is 3. The number of fused-ring (bicyclic) bond motifs is 3. The van der Waals surface area contributed by atoms with Gasteiger partial charge in [0.25, 0.3) is 5.91 Å². The van der Waals surface area contributed by atoms with E-state index in [1.807, 2.05) is 47.5 Å². The van der Waals surface area contributed by atoms with E-state index in [-0.39, 0.29) is 5.91 Å². The molecule has 0 saturated carbocycles. The zero-order valence-electron chi connectivity index (χ0n) is 19.2. The molecule has 7 nitrogen and oxygen atoms in total. The molecule has 34 heavy (non-hydrogen) atoms. The first-order chi connectivity index (χ1) is 16.5. The van der Waals surface area contributed by atoms with Gasteiger partial charge in [0.1, 0.15) is 0 Å². The lowest BCUT2D eigenvalue weighted by Crippen LogP contribution is -2.56. The van der Waals surface area contributed by atoms with E-state index in [1.54, 1.807) is 38.5 Å². The van der Waals surface area contributed by atoms with Gasteiger partial charge < -0.3 is 19.7 Å². The topological polar surface area (TPSA) is 66.4 Å². The van der Waals surface area contributed by atoms with Crippen LogP contribution in [0.4, 0.5) is 11.4 Å². The molecule has 1 amide bonds. The SMILES string of the molecule is COc1cc2c(cc1OC)C1(C)N(CC2)C(C(=O)Nc2ccc(Cl)cc2)=NN1c1ccccc1. The first kappa shape index (κ1) is 22.1. The monoisotopic (exact) mass is 476 g/mol. The number of hydrogen-bond acceptors (Lipinski definition) is 6. The minimum Gasteiger partial charge on any atom is -0.493 e. The number of para-hydroxylation sites is 1. The molecular weight excluding hydrogens is 452 g/mol. The Hall–Kier alpha value is -3.71. The summed E-state index contributed by atoms with van der Waals surface area (Å²) in [6.07, 6.45) is 0.737. The maximum absolute atomic E-state index is 13.4. The summed E-state index contributed by atoms with van der Waals surface area (Å²) in [5.74, 6) is 1.39. The number of anilines is 2. The number of halogens is 1. The molecule has 0 fully saturated rings. The number of amidine groups is 1. The third kappa shape index (κ3) is 3.53. The van der Waals surface area contributed by atoms with Gasteiger partial charge in [-0.05, 0) is 67.4 Å². The van der Waals surface area contributed by atoms with Gasteiger partial charge in [0.15, 0.2) is 17.2 Å². The fourth-order valence-corrected chi connectivity index (χ4v) is 4.84. The predicted octanol–water partition coefficient (Wildman–Crippen LogP) is 4.86. The van der Waals surface area contributed by atoms with Gasteiger partial charge in [-0.15, -0.1) is 5.10 Å². The normalized spacial score (nSPS) is 18.6.